The van der Waals surface area contributed by atoms with E-state index in [0.29, 0.717) is 55.7 Å². The molecule has 0 unspecified atom stereocenters. The Bertz CT molecular complexity index is 888. The van der Waals surface area contributed by atoms with Gasteiger partial charge in [0.1, 0.15) is 24.2 Å². The van der Waals surface area contributed by atoms with Crippen molar-refractivity contribution in [1.29, 1.82) is 5.26 Å². The molecule has 7 nitrogen and oxygen atoms in total. The first-order valence-electron chi connectivity index (χ1n) is 8.75. The fraction of sp³-hybridized carbons (Fsp3) is 0.316. The predicted octanol–water partition coefficient (Wildman–Crippen LogP) is 2.75. The van der Waals surface area contributed by atoms with Crippen molar-refractivity contribution in [3.8, 4) is 11.8 Å². The van der Waals surface area contributed by atoms with E-state index in [-0.39, 0.29) is 6.03 Å². The number of rotatable bonds is 1. The summed E-state index contributed by atoms with van der Waals surface area (Å²) in [5, 5.41) is 9.46. The van der Waals surface area contributed by atoms with E-state index in [2.05, 4.69) is 16.0 Å². The molecular formula is C19H18ClN5O2. The van der Waals surface area contributed by atoms with Gasteiger partial charge in [0.15, 0.2) is 0 Å². The van der Waals surface area contributed by atoms with Gasteiger partial charge in [-0.25, -0.2) is 9.78 Å². The third kappa shape index (κ3) is 3.49. The number of ether oxygens (including phenoxy) is 1. The van der Waals surface area contributed by atoms with E-state index in [1.165, 1.54) is 0 Å². The van der Waals surface area contributed by atoms with Crippen molar-refractivity contribution in [1.82, 2.24) is 9.88 Å². The lowest BCUT2D eigenvalue weighted by Crippen LogP contribution is -2.54. The smallest absolute Gasteiger partial charge is 0.324 e. The highest BCUT2D eigenvalue weighted by molar-refractivity contribution is 6.30. The zero-order valence-electron chi connectivity index (χ0n) is 14.6. The average Bonchev–Trinajstić information content (AvgIpc) is 2.73. The van der Waals surface area contributed by atoms with Crippen LogP contribution in [0.15, 0.2) is 36.5 Å². The van der Waals surface area contributed by atoms with Crippen LogP contribution in [0, 0.1) is 11.3 Å². The van der Waals surface area contributed by atoms with Gasteiger partial charge in [-0.3, -0.25) is 4.90 Å². The number of carbonyl (C=O) groups is 1. The van der Waals surface area contributed by atoms with Gasteiger partial charge in [-0.05, 0) is 24.3 Å². The number of amides is 2. The molecule has 138 valence electrons. The van der Waals surface area contributed by atoms with E-state index in [1.54, 1.807) is 29.3 Å². The maximum Gasteiger partial charge on any atom is 0.324 e. The second-order valence-electron chi connectivity index (χ2n) is 6.39. The molecule has 4 rings (SSSR count). The van der Waals surface area contributed by atoms with E-state index in [0.717, 1.165) is 11.5 Å². The summed E-state index contributed by atoms with van der Waals surface area (Å²) in [7, 11) is 0. The quantitative estimate of drug-likeness (QED) is 0.757. The van der Waals surface area contributed by atoms with Crippen LogP contribution >= 0.6 is 11.6 Å². The topological polar surface area (TPSA) is 72.7 Å². The molecule has 2 aromatic rings. The number of urea groups is 1. The van der Waals surface area contributed by atoms with Crippen LogP contribution in [0.5, 0.6) is 5.75 Å². The van der Waals surface area contributed by atoms with Crippen molar-refractivity contribution < 1.29 is 9.53 Å². The molecule has 0 saturated carbocycles. The van der Waals surface area contributed by atoms with Crippen LogP contribution < -0.4 is 14.5 Å². The number of benzene rings is 1. The maximum absolute atomic E-state index is 13.0. The van der Waals surface area contributed by atoms with Crippen LogP contribution in [0.1, 0.15) is 5.56 Å². The number of halogens is 1. The van der Waals surface area contributed by atoms with Crippen molar-refractivity contribution >= 4 is 29.1 Å². The summed E-state index contributed by atoms with van der Waals surface area (Å²) in [6.45, 7) is 3.59. The maximum atomic E-state index is 13.0. The number of nitrogens with zero attached hydrogens (tertiary/aromatic N) is 5. The Hall–Kier alpha value is -2.98. The monoisotopic (exact) mass is 383 g/mol. The number of nitriles is 1. The summed E-state index contributed by atoms with van der Waals surface area (Å²) in [6.07, 6.45) is 1.57. The van der Waals surface area contributed by atoms with Gasteiger partial charge in [-0.1, -0.05) is 11.6 Å². The normalized spacial score (nSPS) is 16.4. The number of anilines is 2. The Labute approximate surface area is 162 Å². The molecule has 1 fully saturated rings. The highest BCUT2D eigenvalue weighted by Crippen LogP contribution is 2.34. The number of fused-ring (bicyclic) bond motifs is 1. The molecule has 1 saturated heterocycles. The number of piperazine rings is 1. The SMILES string of the molecule is N#Cc1ccc(N2CCN(C(=O)N3CCOc4cc(Cl)ccc43)CC2)nc1. The van der Waals surface area contributed by atoms with Crippen molar-refractivity contribution in [2.45, 2.75) is 0 Å². The molecule has 2 amide bonds. The lowest BCUT2D eigenvalue weighted by atomic mass is 10.2. The first kappa shape index (κ1) is 17.4. The summed E-state index contributed by atoms with van der Waals surface area (Å²) >= 11 is 6.02. The summed E-state index contributed by atoms with van der Waals surface area (Å²) < 4.78 is 5.63. The number of carbonyl (C=O) groups excluding carboxylic acids is 1. The van der Waals surface area contributed by atoms with Crippen LogP contribution in [0.25, 0.3) is 0 Å². The van der Waals surface area contributed by atoms with Gasteiger partial charge in [-0.15, -0.1) is 0 Å². The van der Waals surface area contributed by atoms with Crippen LogP contribution in [-0.2, 0) is 0 Å². The fourth-order valence-electron chi connectivity index (χ4n) is 3.33. The van der Waals surface area contributed by atoms with Crippen molar-refractivity contribution in [2.24, 2.45) is 0 Å². The molecule has 27 heavy (non-hydrogen) atoms. The third-order valence-electron chi connectivity index (χ3n) is 4.77. The van der Waals surface area contributed by atoms with Crippen LogP contribution in [-0.4, -0.2) is 55.2 Å². The zero-order chi connectivity index (χ0) is 18.8. The number of pyridine rings is 1. The molecule has 2 aliphatic rings. The fourth-order valence-corrected chi connectivity index (χ4v) is 3.49. The molecule has 1 aromatic heterocycles. The van der Waals surface area contributed by atoms with Gasteiger partial charge < -0.3 is 14.5 Å². The van der Waals surface area contributed by atoms with Gasteiger partial charge in [0.25, 0.3) is 0 Å². The van der Waals surface area contributed by atoms with Gasteiger partial charge in [0, 0.05) is 43.5 Å². The van der Waals surface area contributed by atoms with E-state index >= 15 is 0 Å². The first-order valence-corrected chi connectivity index (χ1v) is 9.13. The molecule has 0 spiro atoms. The van der Waals surface area contributed by atoms with Crippen LogP contribution in [0.3, 0.4) is 0 Å². The van der Waals surface area contributed by atoms with Crippen molar-refractivity contribution in [3.63, 3.8) is 0 Å². The lowest BCUT2D eigenvalue weighted by Gasteiger charge is -2.39. The molecule has 0 radical (unpaired) electrons. The number of aromatic nitrogens is 1. The molecule has 8 heteroatoms. The molecule has 0 N–H and O–H groups in total. The largest absolute Gasteiger partial charge is 0.489 e. The van der Waals surface area contributed by atoms with Crippen molar-refractivity contribution in [2.75, 3.05) is 49.1 Å². The molecule has 3 heterocycles. The molecular weight excluding hydrogens is 366 g/mol. The van der Waals surface area contributed by atoms with E-state index in [1.807, 2.05) is 17.0 Å². The van der Waals surface area contributed by atoms with Gasteiger partial charge in [0.05, 0.1) is 17.8 Å². The highest BCUT2D eigenvalue weighted by atomic mass is 35.5. The Morgan fingerprint density at radius 1 is 1.15 bits per heavy atom. The van der Waals surface area contributed by atoms with E-state index in [9.17, 15) is 4.79 Å². The predicted molar refractivity (Wildman–Crippen MR) is 102 cm³/mol. The van der Waals surface area contributed by atoms with Crippen LogP contribution in [0.4, 0.5) is 16.3 Å². The second-order valence-corrected chi connectivity index (χ2v) is 6.82. The minimum absolute atomic E-state index is 0.0192. The van der Waals surface area contributed by atoms with E-state index in [4.69, 9.17) is 21.6 Å². The molecule has 0 atom stereocenters. The number of hydrogen-bond donors (Lipinski definition) is 0. The van der Waals surface area contributed by atoms with Gasteiger partial charge in [0.2, 0.25) is 0 Å². The highest BCUT2D eigenvalue weighted by Gasteiger charge is 2.30. The molecule has 1 aromatic carbocycles. The summed E-state index contributed by atoms with van der Waals surface area (Å²) in [5.74, 6) is 1.47. The lowest BCUT2D eigenvalue weighted by molar-refractivity contribution is 0.196. The van der Waals surface area contributed by atoms with Gasteiger partial charge >= 0.3 is 6.03 Å². The minimum Gasteiger partial charge on any atom is -0.489 e. The summed E-state index contributed by atoms with van der Waals surface area (Å²) in [6, 6.07) is 11.0. The Balaban J connectivity index is 1.43. The molecule has 0 bridgehead atoms. The standard InChI is InChI=1S/C19H18ClN5O2/c20-15-2-3-16-17(11-15)27-10-9-25(16)19(26)24-7-5-23(6-8-24)18-4-1-14(12-21)13-22-18/h1-4,11,13H,5-10H2. The second kappa shape index (κ2) is 7.33. The molecule has 2 aliphatic heterocycles. The number of hydrogen-bond acceptors (Lipinski definition) is 5. The summed E-state index contributed by atoms with van der Waals surface area (Å²) in [5.41, 5.74) is 1.30. The summed E-state index contributed by atoms with van der Waals surface area (Å²) in [4.78, 5) is 23.1. The molecule has 0 aliphatic carbocycles. The van der Waals surface area contributed by atoms with Crippen molar-refractivity contribution in [3.05, 3.63) is 47.1 Å². The minimum atomic E-state index is -0.0192. The Morgan fingerprint density at radius 3 is 2.67 bits per heavy atom. The third-order valence-corrected chi connectivity index (χ3v) is 5.00. The Morgan fingerprint density at radius 2 is 1.96 bits per heavy atom. The first-order chi connectivity index (χ1) is 13.2. The van der Waals surface area contributed by atoms with Crippen LogP contribution in [0.2, 0.25) is 5.02 Å². The average molecular weight is 384 g/mol. The Kier molecular flexibility index (Phi) is 4.73. The van der Waals surface area contributed by atoms with E-state index < -0.39 is 0 Å². The zero-order valence-corrected chi connectivity index (χ0v) is 15.4. The van der Waals surface area contributed by atoms with Gasteiger partial charge in [-0.2, -0.15) is 5.26 Å².